The monoisotopic (exact) mass is 380 g/mol. The molecule has 0 radical (unpaired) electrons. The molecule has 6 nitrogen and oxygen atoms in total. The average Bonchev–Trinajstić information content (AvgIpc) is 2.51. The molecule has 0 saturated heterocycles. The molecule has 0 spiro atoms. The molecule has 7 heteroatoms. The number of ketones is 1. The quantitative estimate of drug-likeness (QED) is 0.253. The minimum absolute atomic E-state index is 0. The summed E-state index contributed by atoms with van der Waals surface area (Å²) in [7, 11) is -4.36. The summed E-state index contributed by atoms with van der Waals surface area (Å²) < 4.78 is 30.9. The third-order valence-electron chi connectivity index (χ3n) is 4.46. The predicted octanol–water partition coefficient (Wildman–Crippen LogP) is 4.41. The number of Topliss-reactive ketones (excluding diaryl/α,β-unsaturated/α-hetero) is 1. The summed E-state index contributed by atoms with van der Waals surface area (Å²) in [6.07, 6.45) is 16.0. The van der Waals surface area contributed by atoms with Crippen LogP contribution in [0.2, 0.25) is 0 Å². The van der Waals surface area contributed by atoms with Crippen molar-refractivity contribution < 1.29 is 17.8 Å². The van der Waals surface area contributed by atoms with Crippen molar-refractivity contribution in [3.05, 3.63) is 0 Å². The second-order valence-corrected chi connectivity index (χ2v) is 8.30. The number of hydrogen-bond donors (Lipinski definition) is 3. The number of unbranched alkanes of at least 4 members (excludes halogenated alkanes) is 12. The highest BCUT2D eigenvalue weighted by molar-refractivity contribution is 7.87. The van der Waals surface area contributed by atoms with Crippen LogP contribution in [-0.2, 0) is 14.9 Å². The molecule has 0 aliphatic carbocycles. The summed E-state index contributed by atoms with van der Waals surface area (Å²) in [5, 5.41) is -1.45. The molecule has 0 aliphatic rings. The SMILES string of the molecule is CCCCCCCCCCCCCCCC(=O)C(CN)S(=O)(=O)O.N. The predicted molar refractivity (Wildman–Crippen MR) is 105 cm³/mol. The lowest BCUT2D eigenvalue weighted by Gasteiger charge is -2.09. The van der Waals surface area contributed by atoms with E-state index in [0.717, 1.165) is 12.8 Å². The van der Waals surface area contributed by atoms with Crippen LogP contribution in [0.15, 0.2) is 0 Å². The maximum Gasteiger partial charge on any atom is 0.276 e. The summed E-state index contributed by atoms with van der Waals surface area (Å²) >= 11 is 0. The van der Waals surface area contributed by atoms with Crippen molar-refractivity contribution in [1.29, 1.82) is 0 Å². The molecule has 152 valence electrons. The Labute approximate surface area is 154 Å². The lowest BCUT2D eigenvalue weighted by molar-refractivity contribution is -0.118. The van der Waals surface area contributed by atoms with E-state index in [-0.39, 0.29) is 19.1 Å². The van der Waals surface area contributed by atoms with Crippen LogP contribution in [0.1, 0.15) is 96.8 Å². The lowest BCUT2D eigenvalue weighted by Crippen LogP contribution is -2.36. The van der Waals surface area contributed by atoms with E-state index in [1.807, 2.05) is 0 Å². The zero-order valence-electron chi connectivity index (χ0n) is 16.0. The lowest BCUT2D eigenvalue weighted by atomic mass is 10.0. The second kappa shape index (κ2) is 16.9. The zero-order chi connectivity index (χ0) is 18.3. The number of rotatable bonds is 17. The Morgan fingerprint density at radius 2 is 1.20 bits per heavy atom. The fraction of sp³-hybridized carbons (Fsp3) is 0.944. The molecule has 0 saturated carbocycles. The first-order valence-corrected chi connectivity index (χ1v) is 11.1. The molecule has 0 aliphatic heterocycles. The van der Waals surface area contributed by atoms with Crippen molar-refractivity contribution in [3.8, 4) is 0 Å². The smallest absolute Gasteiger partial charge is 0.276 e. The minimum Gasteiger partial charge on any atom is -0.344 e. The van der Waals surface area contributed by atoms with Crippen molar-refractivity contribution in [3.63, 3.8) is 0 Å². The molecule has 0 bridgehead atoms. The highest BCUT2D eigenvalue weighted by atomic mass is 32.2. The van der Waals surface area contributed by atoms with Gasteiger partial charge in [0, 0.05) is 13.0 Å². The Bertz CT molecular complexity index is 413. The number of nitrogens with two attached hydrogens (primary N) is 1. The Kier molecular flexibility index (Phi) is 18.1. The molecule has 0 fully saturated rings. The normalized spacial score (nSPS) is 12.6. The maximum absolute atomic E-state index is 11.7. The Morgan fingerprint density at radius 3 is 1.52 bits per heavy atom. The first-order valence-electron chi connectivity index (χ1n) is 9.62. The van der Waals surface area contributed by atoms with Gasteiger partial charge in [0.15, 0.2) is 11.0 Å². The van der Waals surface area contributed by atoms with E-state index in [0.29, 0.717) is 6.42 Å². The van der Waals surface area contributed by atoms with E-state index < -0.39 is 21.2 Å². The van der Waals surface area contributed by atoms with Crippen molar-refractivity contribution in [2.24, 2.45) is 5.73 Å². The number of carbonyl (C=O) groups excluding carboxylic acids is 1. The molecule has 0 rings (SSSR count). The van der Waals surface area contributed by atoms with E-state index >= 15 is 0 Å². The minimum atomic E-state index is -4.36. The van der Waals surface area contributed by atoms with Gasteiger partial charge in [-0.1, -0.05) is 84.0 Å². The fourth-order valence-electron chi connectivity index (χ4n) is 2.90. The van der Waals surface area contributed by atoms with E-state index in [2.05, 4.69) is 6.92 Å². The Balaban J connectivity index is 0. The maximum atomic E-state index is 11.7. The van der Waals surface area contributed by atoms with Crippen LogP contribution in [0, 0.1) is 0 Å². The van der Waals surface area contributed by atoms with Gasteiger partial charge in [0.05, 0.1) is 0 Å². The van der Waals surface area contributed by atoms with Crippen molar-refractivity contribution in [2.75, 3.05) is 6.54 Å². The molecule has 0 heterocycles. The third kappa shape index (κ3) is 15.5. The molecular formula is C18H40N2O4S. The van der Waals surface area contributed by atoms with Crippen LogP contribution in [0.25, 0.3) is 0 Å². The molecule has 6 N–H and O–H groups in total. The van der Waals surface area contributed by atoms with Gasteiger partial charge in [-0.3, -0.25) is 9.35 Å². The first-order chi connectivity index (χ1) is 11.4. The summed E-state index contributed by atoms with van der Waals surface area (Å²) in [5.41, 5.74) is 5.24. The van der Waals surface area contributed by atoms with Gasteiger partial charge in [0.25, 0.3) is 10.1 Å². The van der Waals surface area contributed by atoms with Crippen molar-refractivity contribution in [2.45, 2.75) is 102 Å². The zero-order valence-corrected chi connectivity index (χ0v) is 16.9. The topological polar surface area (TPSA) is 132 Å². The second-order valence-electron chi connectivity index (χ2n) is 6.70. The van der Waals surface area contributed by atoms with Crippen LogP contribution in [-0.4, -0.2) is 30.5 Å². The van der Waals surface area contributed by atoms with Gasteiger partial charge in [-0.2, -0.15) is 8.42 Å². The van der Waals surface area contributed by atoms with E-state index in [9.17, 15) is 13.2 Å². The van der Waals surface area contributed by atoms with Crippen LogP contribution in [0.4, 0.5) is 0 Å². The molecule has 0 aromatic carbocycles. The van der Waals surface area contributed by atoms with Gasteiger partial charge >= 0.3 is 0 Å². The molecule has 25 heavy (non-hydrogen) atoms. The van der Waals surface area contributed by atoms with Gasteiger partial charge in [-0.25, -0.2) is 0 Å². The van der Waals surface area contributed by atoms with Crippen LogP contribution in [0.5, 0.6) is 0 Å². The number of carbonyl (C=O) groups is 1. The van der Waals surface area contributed by atoms with E-state index in [4.69, 9.17) is 10.3 Å². The first kappa shape index (κ1) is 26.7. The summed E-state index contributed by atoms with van der Waals surface area (Å²) in [5.74, 6) is -0.469. The van der Waals surface area contributed by atoms with Crippen LogP contribution < -0.4 is 11.9 Å². The van der Waals surface area contributed by atoms with Gasteiger partial charge < -0.3 is 11.9 Å². The van der Waals surface area contributed by atoms with E-state index in [1.54, 1.807) is 0 Å². The molecular weight excluding hydrogens is 340 g/mol. The van der Waals surface area contributed by atoms with Crippen LogP contribution >= 0.6 is 0 Å². The highest BCUT2D eigenvalue weighted by Crippen LogP contribution is 2.13. The van der Waals surface area contributed by atoms with Crippen molar-refractivity contribution in [1.82, 2.24) is 6.15 Å². The number of hydrogen-bond acceptors (Lipinski definition) is 5. The van der Waals surface area contributed by atoms with Gasteiger partial charge in [0.2, 0.25) is 0 Å². The highest BCUT2D eigenvalue weighted by Gasteiger charge is 2.28. The van der Waals surface area contributed by atoms with Crippen molar-refractivity contribution >= 4 is 15.9 Å². The fourth-order valence-corrected chi connectivity index (χ4v) is 3.59. The Morgan fingerprint density at radius 1 is 0.840 bits per heavy atom. The average molecular weight is 381 g/mol. The molecule has 1 unspecified atom stereocenters. The molecule has 0 amide bonds. The Hall–Kier alpha value is -0.500. The summed E-state index contributed by atoms with van der Waals surface area (Å²) in [4.78, 5) is 11.7. The molecule has 0 aromatic heterocycles. The van der Waals surface area contributed by atoms with E-state index in [1.165, 1.54) is 64.2 Å². The largest absolute Gasteiger partial charge is 0.344 e. The van der Waals surface area contributed by atoms with Gasteiger partial charge in [-0.15, -0.1) is 0 Å². The van der Waals surface area contributed by atoms with Gasteiger partial charge in [0.1, 0.15) is 0 Å². The van der Waals surface area contributed by atoms with Crippen LogP contribution in [0.3, 0.4) is 0 Å². The summed E-state index contributed by atoms with van der Waals surface area (Å²) in [6.45, 7) is 1.89. The summed E-state index contributed by atoms with van der Waals surface area (Å²) in [6, 6.07) is 0. The third-order valence-corrected chi connectivity index (χ3v) is 5.63. The molecule has 0 aromatic rings. The molecule has 1 atom stereocenters. The van der Waals surface area contributed by atoms with Gasteiger partial charge in [-0.05, 0) is 6.42 Å². The standard InChI is InChI=1S/C18H37NO4S.H3N/c1-2-3-4-5-6-7-8-9-10-11-12-13-14-15-17(20)18(16-19)24(21,22)23;/h18H,2-16,19H2,1H3,(H,21,22,23);1H3.